The summed E-state index contributed by atoms with van der Waals surface area (Å²) in [5.74, 6) is -0.276. The van der Waals surface area contributed by atoms with Gasteiger partial charge >= 0.3 is 0 Å². The molecule has 1 rings (SSSR count). The Morgan fingerprint density at radius 3 is 2.57 bits per heavy atom. The van der Waals surface area contributed by atoms with E-state index in [9.17, 15) is 23.3 Å². The molecule has 0 heterocycles. The molecule has 0 bridgehead atoms. The summed E-state index contributed by atoms with van der Waals surface area (Å²) in [5, 5.41) is 15.9. The van der Waals surface area contributed by atoms with Crippen molar-refractivity contribution in [2.75, 3.05) is 26.7 Å². The Labute approximate surface area is 121 Å². The molecule has 116 valence electrons. The number of para-hydroxylation sites is 1. The molecule has 0 unspecified atom stereocenters. The van der Waals surface area contributed by atoms with E-state index in [1.807, 2.05) is 0 Å². The lowest BCUT2D eigenvalue weighted by Gasteiger charge is -2.08. The zero-order valence-electron chi connectivity index (χ0n) is 11.3. The van der Waals surface area contributed by atoms with E-state index in [-0.39, 0.29) is 25.5 Å². The van der Waals surface area contributed by atoms with Crippen molar-refractivity contribution in [1.82, 2.24) is 15.4 Å². The van der Waals surface area contributed by atoms with E-state index in [0.717, 1.165) is 12.1 Å². The molecular weight excluding hydrogens is 300 g/mol. The number of hydrogen-bond acceptors (Lipinski definition) is 6. The Hall–Kier alpha value is -2.04. The lowest BCUT2D eigenvalue weighted by molar-refractivity contribution is -0.387. The van der Waals surface area contributed by atoms with Gasteiger partial charge in [-0.1, -0.05) is 12.1 Å². The first-order chi connectivity index (χ1) is 9.88. The Kier molecular flexibility index (Phi) is 6.21. The summed E-state index contributed by atoms with van der Waals surface area (Å²) < 4.78 is 26.2. The van der Waals surface area contributed by atoms with Crippen LogP contribution in [0.3, 0.4) is 0 Å². The Balaban J connectivity index is 2.66. The summed E-state index contributed by atoms with van der Waals surface area (Å²) >= 11 is 0. The van der Waals surface area contributed by atoms with Crippen LogP contribution in [0, 0.1) is 10.1 Å². The number of carbonyl (C=O) groups excluding carboxylic acids is 1. The van der Waals surface area contributed by atoms with Crippen molar-refractivity contribution in [3.8, 4) is 0 Å². The minimum Gasteiger partial charge on any atom is -0.354 e. The molecule has 0 fully saturated rings. The molecule has 1 aromatic rings. The number of rotatable bonds is 8. The molecule has 9 nitrogen and oxygen atoms in total. The van der Waals surface area contributed by atoms with E-state index < -0.39 is 25.5 Å². The zero-order chi connectivity index (χ0) is 15.9. The molecule has 1 amide bonds. The average Bonchev–Trinajstić information content (AvgIpc) is 2.44. The van der Waals surface area contributed by atoms with Gasteiger partial charge in [-0.3, -0.25) is 14.9 Å². The molecule has 0 atom stereocenters. The fourth-order valence-corrected chi connectivity index (χ4v) is 2.73. The van der Waals surface area contributed by atoms with Gasteiger partial charge in [0.15, 0.2) is 4.90 Å². The van der Waals surface area contributed by atoms with Crippen LogP contribution < -0.4 is 15.4 Å². The smallest absolute Gasteiger partial charge is 0.289 e. The van der Waals surface area contributed by atoms with Gasteiger partial charge in [-0.05, 0) is 13.1 Å². The molecule has 0 saturated heterocycles. The van der Waals surface area contributed by atoms with Gasteiger partial charge in [0.25, 0.3) is 5.69 Å². The average molecular weight is 316 g/mol. The van der Waals surface area contributed by atoms with Gasteiger partial charge < -0.3 is 10.6 Å². The summed E-state index contributed by atoms with van der Waals surface area (Å²) in [6.45, 7) is 0.140. The second-order valence-corrected chi connectivity index (χ2v) is 5.74. The predicted molar refractivity (Wildman–Crippen MR) is 75.2 cm³/mol. The van der Waals surface area contributed by atoms with Gasteiger partial charge in [0.2, 0.25) is 15.9 Å². The van der Waals surface area contributed by atoms with Crippen molar-refractivity contribution in [3.63, 3.8) is 0 Å². The van der Waals surface area contributed by atoms with Gasteiger partial charge in [-0.15, -0.1) is 0 Å². The maximum Gasteiger partial charge on any atom is 0.289 e. The highest BCUT2D eigenvalue weighted by molar-refractivity contribution is 7.89. The topological polar surface area (TPSA) is 130 Å². The van der Waals surface area contributed by atoms with Crippen LogP contribution in [0.1, 0.15) is 0 Å². The molecule has 0 aromatic heterocycles. The first-order valence-electron chi connectivity index (χ1n) is 6.03. The molecule has 0 spiro atoms. The summed E-state index contributed by atoms with van der Waals surface area (Å²) in [6, 6.07) is 5.05. The highest BCUT2D eigenvalue weighted by atomic mass is 32.2. The lowest BCUT2D eigenvalue weighted by Crippen LogP contribution is -2.38. The molecule has 21 heavy (non-hydrogen) atoms. The van der Waals surface area contributed by atoms with Crippen LogP contribution >= 0.6 is 0 Å². The van der Waals surface area contributed by atoms with Gasteiger partial charge in [0.05, 0.1) is 11.5 Å². The van der Waals surface area contributed by atoms with Crippen LogP contribution in [0.2, 0.25) is 0 Å². The maximum atomic E-state index is 12.0. The monoisotopic (exact) mass is 316 g/mol. The van der Waals surface area contributed by atoms with Crippen molar-refractivity contribution >= 4 is 21.6 Å². The second kappa shape index (κ2) is 7.67. The van der Waals surface area contributed by atoms with Crippen LogP contribution in [0.15, 0.2) is 29.2 Å². The second-order valence-electron chi connectivity index (χ2n) is 4.00. The maximum absolute atomic E-state index is 12.0. The highest BCUT2D eigenvalue weighted by Gasteiger charge is 2.24. The first-order valence-corrected chi connectivity index (χ1v) is 7.51. The molecule has 0 aliphatic carbocycles. The number of hydrogen-bond donors (Lipinski definition) is 3. The van der Waals surface area contributed by atoms with Crippen LogP contribution in [0.25, 0.3) is 0 Å². The SMILES string of the molecule is CNCC(=O)NCCNS(=O)(=O)c1ccccc1[N+](=O)[O-]. The number of amides is 1. The number of benzene rings is 1. The van der Waals surface area contributed by atoms with Gasteiger partial charge in [0, 0.05) is 19.2 Å². The largest absolute Gasteiger partial charge is 0.354 e. The summed E-state index contributed by atoms with van der Waals surface area (Å²) in [6.07, 6.45) is 0. The Morgan fingerprint density at radius 2 is 1.95 bits per heavy atom. The van der Waals surface area contributed by atoms with Crippen molar-refractivity contribution in [2.45, 2.75) is 4.90 Å². The quantitative estimate of drug-likeness (QED) is 0.327. The third-order valence-corrected chi connectivity index (χ3v) is 3.94. The molecular formula is C11H16N4O5S. The normalized spacial score (nSPS) is 11.1. The number of likely N-dealkylation sites (N-methyl/N-ethyl adjacent to an activating group) is 1. The van der Waals surface area contributed by atoms with Crippen molar-refractivity contribution in [1.29, 1.82) is 0 Å². The summed E-state index contributed by atoms with van der Waals surface area (Å²) in [5.41, 5.74) is -0.496. The van der Waals surface area contributed by atoms with E-state index in [1.165, 1.54) is 12.1 Å². The fraction of sp³-hybridized carbons (Fsp3) is 0.364. The standard InChI is InChI=1S/C11H16N4O5S/c1-12-8-11(16)13-6-7-14-21(19,20)10-5-3-2-4-9(10)15(17)18/h2-5,12,14H,6-8H2,1H3,(H,13,16). The van der Waals surface area contributed by atoms with E-state index >= 15 is 0 Å². The molecule has 1 aromatic carbocycles. The number of carbonyl (C=O) groups is 1. The van der Waals surface area contributed by atoms with E-state index in [0.29, 0.717) is 0 Å². The first kappa shape index (κ1) is 17.0. The van der Waals surface area contributed by atoms with Gasteiger partial charge in [0.1, 0.15) is 0 Å². The number of nitrogens with one attached hydrogen (secondary N) is 3. The van der Waals surface area contributed by atoms with Gasteiger partial charge in [-0.25, -0.2) is 13.1 Å². The third-order valence-electron chi connectivity index (χ3n) is 2.43. The fourth-order valence-electron chi connectivity index (χ4n) is 1.52. The van der Waals surface area contributed by atoms with E-state index in [1.54, 1.807) is 7.05 Å². The molecule has 0 radical (unpaired) electrons. The van der Waals surface area contributed by atoms with Crippen LogP contribution in [-0.4, -0.2) is 45.9 Å². The van der Waals surface area contributed by atoms with Crippen molar-refractivity contribution < 1.29 is 18.1 Å². The van der Waals surface area contributed by atoms with Crippen LogP contribution in [-0.2, 0) is 14.8 Å². The van der Waals surface area contributed by atoms with Crippen LogP contribution in [0.4, 0.5) is 5.69 Å². The predicted octanol–water partition coefficient (Wildman–Crippen LogP) is -0.791. The summed E-state index contributed by atoms with van der Waals surface area (Å²) in [7, 11) is -2.40. The zero-order valence-corrected chi connectivity index (χ0v) is 12.1. The number of nitro groups is 1. The molecule has 10 heteroatoms. The van der Waals surface area contributed by atoms with Crippen molar-refractivity contribution in [3.05, 3.63) is 34.4 Å². The van der Waals surface area contributed by atoms with E-state index in [4.69, 9.17) is 0 Å². The minimum atomic E-state index is -4.00. The van der Waals surface area contributed by atoms with E-state index in [2.05, 4.69) is 15.4 Å². The Morgan fingerprint density at radius 1 is 1.29 bits per heavy atom. The highest BCUT2D eigenvalue weighted by Crippen LogP contribution is 2.22. The molecule has 3 N–H and O–H groups in total. The lowest BCUT2D eigenvalue weighted by atomic mass is 10.3. The molecule has 0 saturated carbocycles. The minimum absolute atomic E-state index is 0.0656. The molecule has 0 aliphatic heterocycles. The van der Waals surface area contributed by atoms with Crippen LogP contribution in [0.5, 0.6) is 0 Å². The third kappa shape index (κ3) is 5.10. The number of nitro benzene ring substituents is 1. The summed E-state index contributed by atoms with van der Waals surface area (Å²) in [4.78, 5) is 20.8. The Bertz CT molecular complexity index is 617. The number of nitrogens with zero attached hydrogens (tertiary/aromatic N) is 1. The van der Waals surface area contributed by atoms with Gasteiger partial charge in [-0.2, -0.15) is 0 Å². The number of sulfonamides is 1. The van der Waals surface area contributed by atoms with Crippen molar-refractivity contribution in [2.24, 2.45) is 0 Å². The molecule has 0 aliphatic rings.